The zero-order valence-corrected chi connectivity index (χ0v) is 22.6. The Kier molecular flexibility index (Phi) is 8.92. The highest BCUT2D eigenvalue weighted by molar-refractivity contribution is 5.88. The summed E-state index contributed by atoms with van der Waals surface area (Å²) in [5.74, 6) is -0.644. The topological polar surface area (TPSA) is 249 Å². The molecule has 2 fully saturated rings. The summed E-state index contributed by atoms with van der Waals surface area (Å²) in [6.07, 6.45) is -16.7. The molecule has 3 aromatic rings. The second-order valence-electron chi connectivity index (χ2n) is 10.3. The third kappa shape index (κ3) is 5.56. The van der Waals surface area contributed by atoms with Gasteiger partial charge in [0.2, 0.25) is 0 Å². The molecule has 15 heteroatoms. The molecule has 43 heavy (non-hydrogen) atoms. The second-order valence-corrected chi connectivity index (χ2v) is 10.3. The molecule has 0 unspecified atom stereocenters. The van der Waals surface area contributed by atoms with Crippen molar-refractivity contribution in [3.8, 4) is 28.6 Å². The first-order chi connectivity index (χ1) is 20.5. The number of aliphatic hydroxyl groups is 7. The monoisotopic (exact) mass is 608 g/mol. The first-order valence-electron chi connectivity index (χ1n) is 13.3. The molecule has 0 radical (unpaired) electrons. The van der Waals surface area contributed by atoms with Crippen molar-refractivity contribution < 1.29 is 69.3 Å². The van der Waals surface area contributed by atoms with E-state index in [1.807, 2.05) is 0 Å². The van der Waals surface area contributed by atoms with Crippen molar-refractivity contribution in [3.05, 3.63) is 52.2 Å². The van der Waals surface area contributed by atoms with E-state index in [1.165, 1.54) is 37.4 Å². The van der Waals surface area contributed by atoms with E-state index in [4.69, 9.17) is 23.4 Å². The van der Waals surface area contributed by atoms with Crippen LogP contribution in [0.5, 0.6) is 17.2 Å². The van der Waals surface area contributed by atoms with E-state index in [0.717, 1.165) is 6.07 Å². The van der Waals surface area contributed by atoms with Gasteiger partial charge in [0.05, 0.1) is 25.9 Å². The van der Waals surface area contributed by atoms with Crippen LogP contribution in [0, 0.1) is 0 Å². The number of rotatable bonds is 7. The summed E-state index contributed by atoms with van der Waals surface area (Å²) < 4.78 is 28.0. The smallest absolute Gasteiger partial charge is 0.197 e. The van der Waals surface area contributed by atoms with Gasteiger partial charge in [-0.1, -0.05) is 0 Å². The van der Waals surface area contributed by atoms with E-state index in [0.29, 0.717) is 5.56 Å². The SMILES string of the molecule is COc1cc2oc(-c3ccc(O)cc3)cc(=O)c2c(O)c1[C@@H]1O[C@H](CO)[C@@H](O[C@@H]2O[C@H](CO)[C@@H](O)[C@H](O)[C@H]2O)[C@H](O)[C@H]1O. The number of benzene rings is 2. The number of aromatic hydroxyl groups is 2. The van der Waals surface area contributed by atoms with Crippen LogP contribution in [0.2, 0.25) is 0 Å². The standard InChI is InChI=1S/C28H32O15/c1-39-14-7-15-18(12(32)6-13(40-15)10-2-4-11(31)5-3-10)21(34)19(14)27-24(37)23(36)26(17(9-30)41-27)43-28-25(38)22(35)20(33)16(8-29)42-28/h2-7,16-17,20,22-31,33-38H,8-9H2,1H3/t16-,17-,20-,22+,23-,24-,25-,26-,27+,28+/m1/s1. The van der Waals surface area contributed by atoms with Gasteiger partial charge in [-0.2, -0.15) is 0 Å². The van der Waals surface area contributed by atoms with Crippen LogP contribution in [0.15, 0.2) is 45.6 Å². The van der Waals surface area contributed by atoms with Crippen molar-refractivity contribution in [2.75, 3.05) is 20.3 Å². The Morgan fingerprint density at radius 1 is 0.814 bits per heavy atom. The van der Waals surface area contributed by atoms with Gasteiger partial charge in [0.25, 0.3) is 0 Å². The Hall–Kier alpha value is -3.35. The lowest BCUT2D eigenvalue weighted by molar-refractivity contribution is -0.342. The molecule has 0 bridgehead atoms. The molecule has 0 amide bonds. The Labute approximate surface area is 242 Å². The highest BCUT2D eigenvalue weighted by Gasteiger charge is 2.51. The normalized spacial score (nSPS) is 33.0. The summed E-state index contributed by atoms with van der Waals surface area (Å²) in [6, 6.07) is 8.26. The van der Waals surface area contributed by atoms with Crippen LogP contribution in [0.1, 0.15) is 11.7 Å². The molecule has 0 saturated carbocycles. The van der Waals surface area contributed by atoms with E-state index in [1.54, 1.807) is 0 Å². The predicted octanol–water partition coefficient (Wildman–Crippen LogP) is -1.78. The van der Waals surface area contributed by atoms with Gasteiger partial charge in [0.1, 0.15) is 88.9 Å². The molecule has 0 spiro atoms. The fourth-order valence-corrected chi connectivity index (χ4v) is 5.33. The zero-order valence-electron chi connectivity index (χ0n) is 22.6. The molecule has 234 valence electrons. The molecule has 2 aliphatic rings. The third-order valence-electron chi connectivity index (χ3n) is 7.65. The summed E-state index contributed by atoms with van der Waals surface area (Å²) in [5.41, 5.74) is -0.526. The highest BCUT2D eigenvalue weighted by Crippen LogP contribution is 2.45. The molecule has 2 aliphatic heterocycles. The first-order valence-corrected chi connectivity index (χ1v) is 13.3. The van der Waals surface area contributed by atoms with Gasteiger partial charge >= 0.3 is 0 Å². The Morgan fingerprint density at radius 3 is 2.12 bits per heavy atom. The minimum Gasteiger partial charge on any atom is -0.508 e. The highest BCUT2D eigenvalue weighted by atomic mass is 16.7. The van der Waals surface area contributed by atoms with Gasteiger partial charge in [-0.05, 0) is 24.3 Å². The number of phenolic OH excluding ortho intramolecular Hbond substituents is 2. The molecular weight excluding hydrogens is 576 g/mol. The quantitative estimate of drug-likeness (QED) is 0.144. The van der Waals surface area contributed by atoms with Crippen LogP contribution in [0.3, 0.4) is 0 Å². The fraction of sp³-hybridized carbons (Fsp3) is 0.464. The van der Waals surface area contributed by atoms with Gasteiger partial charge in [0, 0.05) is 17.7 Å². The zero-order chi connectivity index (χ0) is 31.2. The Bertz CT molecular complexity index is 1490. The molecule has 2 saturated heterocycles. The molecule has 10 atom stereocenters. The van der Waals surface area contributed by atoms with Crippen molar-refractivity contribution >= 4 is 11.0 Å². The van der Waals surface area contributed by atoms with E-state index in [2.05, 4.69) is 0 Å². The van der Waals surface area contributed by atoms with Crippen molar-refractivity contribution in [3.63, 3.8) is 0 Å². The maximum atomic E-state index is 13.2. The second kappa shape index (κ2) is 12.3. The van der Waals surface area contributed by atoms with Crippen LogP contribution in [-0.2, 0) is 14.2 Å². The van der Waals surface area contributed by atoms with E-state index < -0.39 is 85.6 Å². The van der Waals surface area contributed by atoms with E-state index >= 15 is 0 Å². The summed E-state index contributed by atoms with van der Waals surface area (Å²) in [6.45, 7) is -1.55. The van der Waals surface area contributed by atoms with Crippen LogP contribution >= 0.6 is 0 Å². The number of hydrogen-bond acceptors (Lipinski definition) is 15. The molecule has 9 N–H and O–H groups in total. The number of hydrogen-bond donors (Lipinski definition) is 9. The van der Waals surface area contributed by atoms with E-state index in [9.17, 15) is 50.8 Å². The first kappa shape index (κ1) is 31.1. The van der Waals surface area contributed by atoms with Gasteiger partial charge in [-0.25, -0.2) is 0 Å². The van der Waals surface area contributed by atoms with Crippen molar-refractivity contribution in [1.29, 1.82) is 0 Å². The van der Waals surface area contributed by atoms with Crippen LogP contribution in [-0.4, -0.2) is 121 Å². The lowest BCUT2D eigenvalue weighted by Gasteiger charge is -2.46. The molecular formula is C28H32O15. The number of phenols is 2. The van der Waals surface area contributed by atoms with Gasteiger partial charge in [0.15, 0.2) is 11.7 Å². The molecule has 5 rings (SSSR count). The largest absolute Gasteiger partial charge is 0.508 e. The predicted molar refractivity (Wildman–Crippen MR) is 143 cm³/mol. The summed E-state index contributed by atoms with van der Waals surface area (Å²) >= 11 is 0. The third-order valence-corrected chi connectivity index (χ3v) is 7.65. The number of aliphatic hydroxyl groups excluding tert-OH is 7. The number of ether oxygens (including phenoxy) is 4. The van der Waals surface area contributed by atoms with Crippen LogP contribution < -0.4 is 10.2 Å². The van der Waals surface area contributed by atoms with Crippen LogP contribution in [0.4, 0.5) is 0 Å². The summed E-state index contributed by atoms with van der Waals surface area (Å²) in [7, 11) is 1.24. The van der Waals surface area contributed by atoms with Crippen molar-refractivity contribution in [2.24, 2.45) is 0 Å². The lowest BCUT2D eigenvalue weighted by atomic mass is 9.89. The average molecular weight is 609 g/mol. The number of fused-ring (bicyclic) bond motifs is 1. The maximum Gasteiger partial charge on any atom is 0.197 e. The molecule has 3 heterocycles. The lowest BCUT2D eigenvalue weighted by Crippen LogP contribution is -2.63. The maximum absolute atomic E-state index is 13.2. The van der Waals surface area contributed by atoms with Gasteiger partial charge in [-0.15, -0.1) is 0 Å². The molecule has 2 aromatic carbocycles. The molecule has 0 aliphatic carbocycles. The van der Waals surface area contributed by atoms with Crippen LogP contribution in [0.25, 0.3) is 22.3 Å². The minimum absolute atomic E-state index is 0.00563. The summed E-state index contributed by atoms with van der Waals surface area (Å²) in [5, 5.41) is 92.6. The van der Waals surface area contributed by atoms with Crippen molar-refractivity contribution in [2.45, 2.75) is 61.2 Å². The van der Waals surface area contributed by atoms with Gasteiger partial charge < -0.3 is 69.3 Å². The van der Waals surface area contributed by atoms with Gasteiger partial charge in [-0.3, -0.25) is 4.79 Å². The van der Waals surface area contributed by atoms with E-state index in [-0.39, 0.29) is 33.8 Å². The molecule has 1 aromatic heterocycles. The van der Waals surface area contributed by atoms with Crippen molar-refractivity contribution in [1.82, 2.24) is 0 Å². The summed E-state index contributed by atoms with van der Waals surface area (Å²) in [4.78, 5) is 13.2. The Morgan fingerprint density at radius 2 is 1.49 bits per heavy atom. The average Bonchev–Trinajstić information content (AvgIpc) is 2.99. The minimum atomic E-state index is -1.88. The Balaban J connectivity index is 1.49. The fourth-order valence-electron chi connectivity index (χ4n) is 5.33. The number of methoxy groups -OCH3 is 1. The molecule has 15 nitrogen and oxygen atoms in total.